The first-order chi connectivity index (χ1) is 7.93. The normalized spacial score (nSPS) is 9.59. The summed E-state index contributed by atoms with van der Waals surface area (Å²) in [5, 5.41) is 1.08. The summed E-state index contributed by atoms with van der Waals surface area (Å²) in [4.78, 5) is 20.4. The van der Waals surface area contributed by atoms with Crippen molar-refractivity contribution in [3.8, 4) is 0 Å². The van der Waals surface area contributed by atoms with Crippen molar-refractivity contribution in [2.75, 3.05) is 0 Å². The van der Waals surface area contributed by atoms with E-state index in [0.29, 0.717) is 20.4 Å². The van der Waals surface area contributed by atoms with Gasteiger partial charge in [-0.1, -0.05) is 47.5 Å². The maximum Gasteiger partial charge on any atom is 0.291 e. The Morgan fingerprint density at radius 2 is 1.47 bits per heavy atom. The molecule has 0 spiro atoms. The molecule has 5 heteroatoms. The van der Waals surface area contributed by atoms with E-state index in [4.69, 9.17) is 0 Å². The smallest absolute Gasteiger partial charge is 0.265 e. The van der Waals surface area contributed by atoms with Gasteiger partial charge in [-0.3, -0.25) is 4.79 Å². The molecule has 0 saturated carbocycles. The van der Waals surface area contributed by atoms with Crippen LogP contribution in [0.25, 0.3) is 22.8 Å². The molecule has 2 aromatic heterocycles. The Labute approximate surface area is 107 Å². The van der Waals surface area contributed by atoms with Crippen LogP contribution < -0.4 is 14.8 Å². The summed E-state index contributed by atoms with van der Waals surface area (Å²) in [6, 6.07) is 0. The highest BCUT2D eigenvalue weighted by atomic mass is 32.2. The van der Waals surface area contributed by atoms with Crippen LogP contribution in [0.1, 0.15) is 20.8 Å². The van der Waals surface area contributed by atoms with Crippen molar-refractivity contribution in [1.29, 1.82) is 0 Å². The molecule has 0 aromatic carbocycles. The van der Waals surface area contributed by atoms with Gasteiger partial charge in [0.25, 0.3) is 4.06 Å². The van der Waals surface area contributed by atoms with Crippen LogP contribution in [0.4, 0.5) is 0 Å². The molecule has 2 aromatic rings. The van der Waals surface area contributed by atoms with E-state index in [1.807, 2.05) is 6.92 Å². The average molecular weight is 266 g/mol. The second-order valence-electron chi connectivity index (χ2n) is 3.55. The van der Waals surface area contributed by atoms with Crippen LogP contribution in [0.2, 0.25) is 0 Å². The van der Waals surface area contributed by atoms with Crippen molar-refractivity contribution in [3.63, 3.8) is 0 Å². The first-order valence-corrected chi connectivity index (χ1v) is 6.62. The Morgan fingerprint density at radius 1 is 1.12 bits per heavy atom. The highest BCUT2D eigenvalue weighted by Gasteiger charge is 2.01. The van der Waals surface area contributed by atoms with Gasteiger partial charge in [0, 0.05) is 0 Å². The van der Waals surface area contributed by atoms with Crippen LogP contribution in [-0.4, -0.2) is 9.97 Å². The van der Waals surface area contributed by atoms with E-state index in [1.54, 1.807) is 0 Å². The topological polar surface area (TPSA) is 42.9 Å². The Morgan fingerprint density at radius 3 is 1.76 bits per heavy atom. The van der Waals surface area contributed by atoms with Crippen LogP contribution in [0.3, 0.4) is 0 Å². The summed E-state index contributed by atoms with van der Waals surface area (Å²) >= 11 is 2.19. The quantitative estimate of drug-likeness (QED) is 0.684. The van der Waals surface area contributed by atoms with Gasteiger partial charge >= 0.3 is 0 Å². The van der Waals surface area contributed by atoms with Crippen LogP contribution in [-0.2, 0) is 0 Å². The van der Waals surface area contributed by atoms with Gasteiger partial charge in [0.1, 0.15) is 0 Å². The fraction of sp³-hybridized carbons (Fsp3) is 0.250. The van der Waals surface area contributed by atoms with Crippen molar-refractivity contribution < 1.29 is 0 Å². The minimum absolute atomic E-state index is 0.00926. The van der Waals surface area contributed by atoms with Gasteiger partial charge in [0.05, 0.1) is 10.7 Å². The maximum absolute atomic E-state index is 10.9. The molecule has 0 aliphatic carbocycles. The molecule has 0 atom stereocenters. The van der Waals surface area contributed by atoms with Gasteiger partial charge in [-0.25, -0.2) is 9.97 Å². The molecule has 3 nitrogen and oxygen atoms in total. The molecule has 0 saturated heterocycles. The Bertz CT molecular complexity index is 643. The third kappa shape index (κ3) is 3.87. The van der Waals surface area contributed by atoms with E-state index in [2.05, 4.69) is 43.0 Å². The lowest BCUT2D eigenvalue weighted by atomic mass is 10.3. The molecule has 0 amide bonds. The van der Waals surface area contributed by atoms with Gasteiger partial charge in [-0.2, -0.15) is 0 Å². The van der Waals surface area contributed by atoms with Crippen LogP contribution >= 0.6 is 22.7 Å². The van der Waals surface area contributed by atoms with Gasteiger partial charge in [0.15, 0.2) is 9.66 Å². The number of rotatable bonds is 0. The fourth-order valence-electron chi connectivity index (χ4n) is 0.782. The predicted molar refractivity (Wildman–Crippen MR) is 77.0 cm³/mol. The van der Waals surface area contributed by atoms with E-state index in [9.17, 15) is 4.79 Å². The SMILES string of the molecule is C=c1nc2sc(=O)sc2nc1=C.CC=C(C)C. The molecule has 0 N–H and O–H groups in total. The molecule has 17 heavy (non-hydrogen) atoms. The molecule has 0 unspecified atom stereocenters. The van der Waals surface area contributed by atoms with Crippen molar-refractivity contribution in [3.05, 3.63) is 31.2 Å². The molecular formula is C12H14N2OS2. The van der Waals surface area contributed by atoms with E-state index >= 15 is 0 Å². The van der Waals surface area contributed by atoms with Gasteiger partial charge in [-0.15, -0.1) is 0 Å². The molecular weight excluding hydrogens is 252 g/mol. The third-order valence-electron chi connectivity index (χ3n) is 1.93. The molecule has 0 fully saturated rings. The van der Waals surface area contributed by atoms with Crippen molar-refractivity contribution in [1.82, 2.24) is 9.97 Å². The first kappa shape index (κ1) is 13.7. The number of allylic oxidation sites excluding steroid dienone is 2. The number of hydrogen-bond acceptors (Lipinski definition) is 5. The highest BCUT2D eigenvalue weighted by Crippen LogP contribution is 2.11. The lowest BCUT2D eigenvalue weighted by Crippen LogP contribution is -2.27. The molecule has 0 bridgehead atoms. The van der Waals surface area contributed by atoms with Gasteiger partial charge in [-0.05, 0) is 20.8 Å². The third-order valence-corrected chi connectivity index (χ3v) is 3.84. The first-order valence-electron chi connectivity index (χ1n) is 4.99. The lowest BCUT2D eigenvalue weighted by molar-refractivity contribution is 1.20. The number of aromatic nitrogens is 2. The zero-order valence-electron chi connectivity index (χ0n) is 10.1. The largest absolute Gasteiger partial charge is 0.291 e. The van der Waals surface area contributed by atoms with E-state index in [0.717, 1.165) is 22.7 Å². The fourth-order valence-corrected chi connectivity index (χ4v) is 2.57. The monoisotopic (exact) mass is 266 g/mol. The number of hydrogen-bond donors (Lipinski definition) is 0. The lowest BCUT2D eigenvalue weighted by Gasteiger charge is -1.85. The van der Waals surface area contributed by atoms with Crippen molar-refractivity contribution in [2.45, 2.75) is 20.8 Å². The van der Waals surface area contributed by atoms with E-state index < -0.39 is 0 Å². The second-order valence-corrected chi connectivity index (χ2v) is 5.73. The van der Waals surface area contributed by atoms with Crippen LogP contribution in [0.15, 0.2) is 16.4 Å². The van der Waals surface area contributed by atoms with E-state index in [1.165, 1.54) is 5.57 Å². The summed E-state index contributed by atoms with van der Waals surface area (Å²) in [6.45, 7) is 13.5. The van der Waals surface area contributed by atoms with Crippen LogP contribution in [0.5, 0.6) is 0 Å². The summed E-state index contributed by atoms with van der Waals surface area (Å²) in [6.07, 6.45) is 2.08. The predicted octanol–water partition coefficient (Wildman–Crippen LogP) is 1.91. The maximum atomic E-state index is 10.9. The van der Waals surface area contributed by atoms with Crippen molar-refractivity contribution >= 4 is 45.5 Å². The minimum atomic E-state index is 0.00926. The number of nitrogens with zero attached hydrogens (tertiary/aromatic N) is 2. The Hall–Kier alpha value is -1.33. The molecule has 0 aliphatic heterocycles. The summed E-state index contributed by atoms with van der Waals surface area (Å²) in [5.41, 5.74) is 1.38. The minimum Gasteiger partial charge on any atom is -0.265 e. The van der Waals surface area contributed by atoms with Gasteiger partial charge in [0.2, 0.25) is 0 Å². The number of fused-ring (bicyclic) bond motifs is 1. The second kappa shape index (κ2) is 5.84. The standard InChI is InChI=1S/C7H4N2OS2.C5H10/c1-3-4(2)9-6-5(8-3)11-7(10)12-6;1-4-5(2)3/h1-2H2;4H,1-3H3. The molecule has 2 rings (SSSR count). The van der Waals surface area contributed by atoms with E-state index in [-0.39, 0.29) is 4.06 Å². The van der Waals surface area contributed by atoms with Crippen LogP contribution in [0, 0.1) is 0 Å². The highest BCUT2D eigenvalue weighted by molar-refractivity contribution is 7.35. The molecule has 2 heterocycles. The Kier molecular flexibility index (Phi) is 4.72. The van der Waals surface area contributed by atoms with Gasteiger partial charge < -0.3 is 0 Å². The summed E-state index contributed by atoms with van der Waals surface area (Å²) < 4.78 is 0.00926. The molecule has 90 valence electrons. The summed E-state index contributed by atoms with van der Waals surface area (Å²) in [7, 11) is 0. The average Bonchev–Trinajstić information content (AvgIpc) is 2.59. The Balaban J connectivity index is 0.000000249. The zero-order valence-corrected chi connectivity index (χ0v) is 11.7. The van der Waals surface area contributed by atoms with Crippen molar-refractivity contribution in [2.24, 2.45) is 0 Å². The molecule has 0 aliphatic rings. The summed E-state index contributed by atoms with van der Waals surface area (Å²) in [5.74, 6) is 0. The molecule has 0 radical (unpaired) electrons. The zero-order chi connectivity index (χ0) is 13.0.